The predicted molar refractivity (Wildman–Crippen MR) is 87.7 cm³/mol. The van der Waals surface area contributed by atoms with Gasteiger partial charge in [0, 0.05) is 13.1 Å². The fraction of sp³-hybridized carbons (Fsp3) is 0.529. The molecule has 0 saturated carbocycles. The minimum Gasteiger partial charge on any atom is -0.379 e. The molecule has 1 aromatic rings. The van der Waals surface area contributed by atoms with Gasteiger partial charge in [0.2, 0.25) is 5.91 Å². The molecule has 0 aromatic heterocycles. The smallest absolute Gasteiger partial charge is 0.250 e. The summed E-state index contributed by atoms with van der Waals surface area (Å²) in [6.07, 6.45) is 1.79. The Morgan fingerprint density at radius 3 is 2.83 bits per heavy atom. The number of rotatable bonds is 6. The molecule has 1 aliphatic heterocycles. The van der Waals surface area contributed by atoms with E-state index in [4.69, 9.17) is 5.73 Å². The first-order valence-electron chi connectivity index (χ1n) is 7.96. The molecule has 1 aromatic carbocycles. The highest BCUT2D eigenvalue weighted by Crippen LogP contribution is 2.20. The first-order chi connectivity index (χ1) is 10.9. The van der Waals surface area contributed by atoms with E-state index < -0.39 is 11.5 Å². The van der Waals surface area contributed by atoms with E-state index in [9.17, 15) is 14.7 Å². The minimum absolute atomic E-state index is 0.104. The second kappa shape index (κ2) is 7.57. The number of hydrogen-bond acceptors (Lipinski definition) is 4. The summed E-state index contributed by atoms with van der Waals surface area (Å²) < 4.78 is 0. The number of aryl methyl sites for hydroxylation is 1. The van der Waals surface area contributed by atoms with Gasteiger partial charge >= 0.3 is 0 Å². The Kier molecular flexibility index (Phi) is 5.74. The van der Waals surface area contributed by atoms with Crippen molar-refractivity contribution in [3.63, 3.8) is 0 Å². The van der Waals surface area contributed by atoms with Crippen molar-refractivity contribution in [2.24, 2.45) is 5.73 Å². The number of nitrogens with zero attached hydrogens (tertiary/aromatic N) is 1. The van der Waals surface area contributed by atoms with Crippen LogP contribution in [-0.2, 0) is 16.0 Å². The normalized spacial score (nSPS) is 21.8. The number of nitrogens with one attached hydrogen (secondary N) is 1. The molecule has 6 heteroatoms. The van der Waals surface area contributed by atoms with Crippen LogP contribution in [0.4, 0.5) is 0 Å². The van der Waals surface area contributed by atoms with Gasteiger partial charge in [-0.2, -0.15) is 0 Å². The van der Waals surface area contributed by atoms with Gasteiger partial charge in [-0.05, 0) is 43.9 Å². The predicted octanol–water partition coefficient (Wildman–Crippen LogP) is -0.0341. The molecule has 126 valence electrons. The molecule has 0 bridgehead atoms. The van der Waals surface area contributed by atoms with Crippen LogP contribution in [-0.4, -0.2) is 53.6 Å². The van der Waals surface area contributed by atoms with Crippen LogP contribution in [0.1, 0.15) is 24.0 Å². The third-order valence-electron chi connectivity index (χ3n) is 4.35. The fourth-order valence-corrected chi connectivity index (χ4v) is 2.95. The molecule has 0 spiro atoms. The van der Waals surface area contributed by atoms with Crippen LogP contribution in [0, 0.1) is 6.92 Å². The van der Waals surface area contributed by atoms with E-state index in [2.05, 4.69) is 24.4 Å². The summed E-state index contributed by atoms with van der Waals surface area (Å²) in [6, 6.07) is 8.09. The van der Waals surface area contributed by atoms with E-state index in [0.29, 0.717) is 25.9 Å². The summed E-state index contributed by atoms with van der Waals surface area (Å²) in [5.41, 5.74) is 6.15. The Bertz CT molecular complexity index is 576. The van der Waals surface area contributed by atoms with Crippen LogP contribution in [0.15, 0.2) is 24.3 Å². The van der Waals surface area contributed by atoms with Gasteiger partial charge in [0.25, 0.3) is 5.91 Å². The van der Waals surface area contributed by atoms with Gasteiger partial charge in [0.1, 0.15) is 0 Å². The molecule has 1 aliphatic rings. The largest absolute Gasteiger partial charge is 0.379 e. The topological polar surface area (TPSA) is 95.7 Å². The van der Waals surface area contributed by atoms with Gasteiger partial charge in [-0.25, -0.2) is 0 Å². The van der Waals surface area contributed by atoms with Crippen molar-refractivity contribution in [3.8, 4) is 0 Å². The average Bonchev–Trinajstić information content (AvgIpc) is 2.49. The van der Waals surface area contributed by atoms with E-state index in [1.165, 1.54) is 11.1 Å². The van der Waals surface area contributed by atoms with Crippen molar-refractivity contribution >= 4 is 11.8 Å². The van der Waals surface area contributed by atoms with Gasteiger partial charge in [0.05, 0.1) is 6.54 Å². The van der Waals surface area contributed by atoms with Gasteiger partial charge in [0.15, 0.2) is 5.60 Å². The van der Waals surface area contributed by atoms with Crippen molar-refractivity contribution in [1.82, 2.24) is 10.2 Å². The Hall–Kier alpha value is -1.92. The highest BCUT2D eigenvalue weighted by atomic mass is 16.3. The summed E-state index contributed by atoms with van der Waals surface area (Å²) in [4.78, 5) is 25.1. The van der Waals surface area contributed by atoms with E-state index in [1.54, 1.807) is 4.90 Å². The molecule has 0 radical (unpaired) electrons. The molecule has 23 heavy (non-hydrogen) atoms. The van der Waals surface area contributed by atoms with Crippen molar-refractivity contribution in [2.75, 3.05) is 26.2 Å². The zero-order valence-electron chi connectivity index (χ0n) is 13.5. The molecule has 2 amide bonds. The SMILES string of the molecule is Cc1ccccc1CCNC(=O)CN1CCC[C@@](O)(C(N)=O)C1. The lowest BCUT2D eigenvalue weighted by atomic mass is 9.92. The van der Waals surface area contributed by atoms with Gasteiger partial charge in [-0.15, -0.1) is 0 Å². The van der Waals surface area contributed by atoms with Crippen molar-refractivity contribution < 1.29 is 14.7 Å². The number of piperidine rings is 1. The highest BCUT2D eigenvalue weighted by Gasteiger charge is 2.38. The summed E-state index contributed by atoms with van der Waals surface area (Å²) in [5, 5.41) is 13.0. The maximum Gasteiger partial charge on any atom is 0.250 e. The maximum absolute atomic E-state index is 12.0. The monoisotopic (exact) mass is 319 g/mol. The number of nitrogens with two attached hydrogens (primary N) is 1. The van der Waals surface area contributed by atoms with Crippen molar-refractivity contribution in [1.29, 1.82) is 0 Å². The molecular formula is C17H25N3O3. The Morgan fingerprint density at radius 1 is 1.39 bits per heavy atom. The molecule has 1 atom stereocenters. The second-order valence-corrected chi connectivity index (χ2v) is 6.24. The lowest BCUT2D eigenvalue weighted by molar-refractivity contribution is -0.143. The quantitative estimate of drug-likeness (QED) is 0.686. The molecule has 2 rings (SSSR count). The molecule has 4 N–H and O–H groups in total. The van der Waals surface area contributed by atoms with Crippen LogP contribution in [0.2, 0.25) is 0 Å². The lowest BCUT2D eigenvalue weighted by Gasteiger charge is -2.36. The zero-order valence-corrected chi connectivity index (χ0v) is 13.5. The number of β-amino-alcohol motifs (C(OH)–C–C–N with tert-alkyl or cyclic N) is 1. The number of benzene rings is 1. The average molecular weight is 319 g/mol. The van der Waals surface area contributed by atoms with Crippen LogP contribution in [0.3, 0.4) is 0 Å². The van der Waals surface area contributed by atoms with Crippen LogP contribution in [0.25, 0.3) is 0 Å². The summed E-state index contributed by atoms with van der Waals surface area (Å²) in [7, 11) is 0. The number of carbonyl (C=O) groups is 2. The summed E-state index contributed by atoms with van der Waals surface area (Å²) >= 11 is 0. The molecule has 1 saturated heterocycles. The standard InChI is InChI=1S/C17H25N3O3/c1-13-5-2-3-6-14(13)7-9-19-15(21)11-20-10-4-8-17(23,12-20)16(18)22/h2-3,5-6,23H,4,7-12H2,1H3,(H2,18,22)(H,19,21)/t17-/m0/s1. The number of amides is 2. The van der Waals surface area contributed by atoms with Crippen molar-refractivity contribution in [3.05, 3.63) is 35.4 Å². The molecule has 6 nitrogen and oxygen atoms in total. The molecule has 0 unspecified atom stereocenters. The van der Waals surface area contributed by atoms with Gasteiger partial charge in [-0.3, -0.25) is 14.5 Å². The Labute approximate surface area is 136 Å². The number of hydrogen-bond donors (Lipinski definition) is 3. The highest BCUT2D eigenvalue weighted by molar-refractivity contribution is 5.84. The third kappa shape index (κ3) is 4.77. The first-order valence-corrected chi connectivity index (χ1v) is 7.96. The van der Waals surface area contributed by atoms with Crippen LogP contribution < -0.4 is 11.1 Å². The van der Waals surface area contributed by atoms with Crippen LogP contribution in [0.5, 0.6) is 0 Å². The molecule has 0 aliphatic carbocycles. The number of carbonyl (C=O) groups excluding carboxylic acids is 2. The summed E-state index contributed by atoms with van der Waals surface area (Å²) in [5.74, 6) is -0.825. The van der Waals surface area contributed by atoms with E-state index in [0.717, 1.165) is 6.42 Å². The number of primary amides is 1. The fourth-order valence-electron chi connectivity index (χ4n) is 2.95. The zero-order chi connectivity index (χ0) is 16.9. The van der Waals surface area contributed by atoms with Crippen molar-refractivity contribution in [2.45, 2.75) is 31.8 Å². The second-order valence-electron chi connectivity index (χ2n) is 6.24. The third-order valence-corrected chi connectivity index (χ3v) is 4.35. The van der Waals surface area contributed by atoms with E-state index in [-0.39, 0.29) is 19.0 Å². The van der Waals surface area contributed by atoms with Crippen LogP contribution >= 0.6 is 0 Å². The van der Waals surface area contributed by atoms with Gasteiger partial charge < -0.3 is 16.2 Å². The number of likely N-dealkylation sites (tertiary alicyclic amines) is 1. The van der Waals surface area contributed by atoms with E-state index in [1.807, 2.05) is 12.1 Å². The Morgan fingerprint density at radius 2 is 2.13 bits per heavy atom. The van der Waals surface area contributed by atoms with E-state index >= 15 is 0 Å². The molecule has 1 fully saturated rings. The number of aliphatic hydroxyl groups is 1. The maximum atomic E-state index is 12.0. The lowest BCUT2D eigenvalue weighted by Crippen LogP contribution is -2.57. The Balaban J connectivity index is 1.76. The summed E-state index contributed by atoms with van der Waals surface area (Å²) in [6.45, 7) is 3.59. The molecule has 1 heterocycles. The van der Waals surface area contributed by atoms with Gasteiger partial charge in [-0.1, -0.05) is 24.3 Å². The first kappa shape index (κ1) is 17.4. The molecular weight excluding hydrogens is 294 g/mol. The minimum atomic E-state index is -1.51.